The maximum atomic E-state index is 5.04. The average molecular weight is 305 g/mol. The number of pyridine rings is 1. The van der Waals surface area contributed by atoms with Crippen LogP contribution in [0, 0.1) is 62.3 Å². The molecule has 0 aliphatic carbocycles. The molecular weight excluding hydrogens is 278 g/mol. The summed E-state index contributed by atoms with van der Waals surface area (Å²) in [5, 5.41) is 4.12. The molecule has 0 radical (unpaired) electrons. The standard InChI is InChI=1S/C22H27N/c1-10-11(2)15(6)20-19(14(10)5)18(9)23-22-17(8)13(4)12(3)16(7)21(20)22/h1-9H3. The van der Waals surface area contributed by atoms with Gasteiger partial charge in [-0.3, -0.25) is 4.98 Å². The van der Waals surface area contributed by atoms with E-state index in [9.17, 15) is 0 Å². The minimum Gasteiger partial charge on any atom is -0.252 e. The van der Waals surface area contributed by atoms with Gasteiger partial charge in [-0.1, -0.05) is 0 Å². The molecule has 0 N–H and O–H groups in total. The highest BCUT2D eigenvalue weighted by molar-refractivity contribution is 6.13. The van der Waals surface area contributed by atoms with E-state index in [0.29, 0.717) is 0 Å². The van der Waals surface area contributed by atoms with Gasteiger partial charge < -0.3 is 0 Å². The minimum atomic E-state index is 1.15. The van der Waals surface area contributed by atoms with E-state index in [-0.39, 0.29) is 0 Å². The zero-order valence-corrected chi connectivity index (χ0v) is 15.9. The van der Waals surface area contributed by atoms with Crippen molar-refractivity contribution in [3.8, 4) is 0 Å². The van der Waals surface area contributed by atoms with Crippen molar-refractivity contribution in [1.29, 1.82) is 0 Å². The summed E-state index contributed by atoms with van der Waals surface area (Å²) in [7, 11) is 0. The summed E-state index contributed by atoms with van der Waals surface area (Å²) in [6, 6.07) is 0. The van der Waals surface area contributed by atoms with Gasteiger partial charge in [0.2, 0.25) is 0 Å². The molecule has 0 fully saturated rings. The van der Waals surface area contributed by atoms with Crippen LogP contribution < -0.4 is 0 Å². The quantitative estimate of drug-likeness (QED) is 0.453. The lowest BCUT2D eigenvalue weighted by Crippen LogP contribution is -2.03. The third kappa shape index (κ3) is 1.95. The Morgan fingerprint density at radius 1 is 0.391 bits per heavy atom. The fourth-order valence-corrected chi connectivity index (χ4v) is 4.04. The Morgan fingerprint density at radius 2 is 0.783 bits per heavy atom. The zero-order chi connectivity index (χ0) is 17.2. The molecule has 23 heavy (non-hydrogen) atoms. The van der Waals surface area contributed by atoms with Gasteiger partial charge in [-0.15, -0.1) is 0 Å². The first-order valence-electron chi connectivity index (χ1n) is 8.45. The molecule has 0 amide bonds. The maximum Gasteiger partial charge on any atom is 0.0746 e. The Kier molecular flexibility index (Phi) is 3.51. The number of hydrogen-bond donors (Lipinski definition) is 0. The lowest BCUT2D eigenvalue weighted by molar-refractivity contribution is 1.19. The molecular formula is C22H27N. The molecule has 1 aromatic heterocycles. The van der Waals surface area contributed by atoms with Crippen molar-refractivity contribution in [2.45, 2.75) is 62.3 Å². The first-order chi connectivity index (χ1) is 10.7. The van der Waals surface area contributed by atoms with Gasteiger partial charge in [0, 0.05) is 16.5 Å². The number of rotatable bonds is 0. The molecule has 120 valence electrons. The van der Waals surface area contributed by atoms with E-state index in [1.165, 1.54) is 66.2 Å². The second-order valence-corrected chi connectivity index (χ2v) is 7.17. The van der Waals surface area contributed by atoms with Crippen molar-refractivity contribution in [2.24, 2.45) is 0 Å². The monoisotopic (exact) mass is 305 g/mol. The fraction of sp³-hybridized carbons (Fsp3) is 0.409. The molecule has 0 spiro atoms. The van der Waals surface area contributed by atoms with Crippen molar-refractivity contribution in [1.82, 2.24) is 4.98 Å². The van der Waals surface area contributed by atoms with Gasteiger partial charge in [0.25, 0.3) is 0 Å². The van der Waals surface area contributed by atoms with Crippen molar-refractivity contribution in [3.63, 3.8) is 0 Å². The summed E-state index contributed by atoms with van der Waals surface area (Å²) in [4.78, 5) is 5.04. The van der Waals surface area contributed by atoms with Crippen LogP contribution in [0.3, 0.4) is 0 Å². The van der Waals surface area contributed by atoms with E-state index in [1.807, 2.05) is 0 Å². The Balaban J connectivity index is 2.80. The van der Waals surface area contributed by atoms with Crippen LogP contribution in [0.1, 0.15) is 50.2 Å². The Bertz CT molecular complexity index is 991. The highest BCUT2D eigenvalue weighted by atomic mass is 14.7. The van der Waals surface area contributed by atoms with Crippen LogP contribution in [0.2, 0.25) is 0 Å². The Morgan fingerprint density at radius 3 is 1.30 bits per heavy atom. The number of benzene rings is 2. The molecule has 1 nitrogen and oxygen atoms in total. The van der Waals surface area contributed by atoms with Crippen LogP contribution in [0.15, 0.2) is 0 Å². The van der Waals surface area contributed by atoms with Gasteiger partial charge in [0.05, 0.1) is 5.52 Å². The highest BCUT2D eigenvalue weighted by Crippen LogP contribution is 2.39. The molecule has 0 aliphatic rings. The minimum absolute atomic E-state index is 1.15. The molecule has 1 heteroatoms. The molecule has 3 rings (SSSR count). The van der Waals surface area contributed by atoms with Gasteiger partial charge in [-0.2, -0.15) is 0 Å². The molecule has 0 bridgehead atoms. The topological polar surface area (TPSA) is 12.9 Å². The summed E-state index contributed by atoms with van der Waals surface area (Å²) in [6.07, 6.45) is 0. The van der Waals surface area contributed by atoms with E-state index < -0.39 is 0 Å². The van der Waals surface area contributed by atoms with E-state index in [2.05, 4.69) is 62.3 Å². The number of aromatic nitrogens is 1. The van der Waals surface area contributed by atoms with E-state index in [1.54, 1.807) is 0 Å². The van der Waals surface area contributed by atoms with Crippen molar-refractivity contribution >= 4 is 21.7 Å². The third-order valence-electron chi connectivity index (χ3n) is 6.23. The van der Waals surface area contributed by atoms with Gasteiger partial charge in [0.15, 0.2) is 0 Å². The maximum absolute atomic E-state index is 5.04. The highest BCUT2D eigenvalue weighted by Gasteiger charge is 2.19. The average Bonchev–Trinajstić information content (AvgIpc) is 2.53. The molecule has 0 saturated heterocycles. The zero-order valence-electron chi connectivity index (χ0n) is 15.9. The lowest BCUT2D eigenvalue weighted by atomic mass is 9.85. The predicted molar refractivity (Wildman–Crippen MR) is 102 cm³/mol. The van der Waals surface area contributed by atoms with Crippen molar-refractivity contribution in [3.05, 3.63) is 50.2 Å². The number of fused-ring (bicyclic) bond motifs is 3. The van der Waals surface area contributed by atoms with Gasteiger partial charge >= 0.3 is 0 Å². The molecule has 1 heterocycles. The fourth-order valence-electron chi connectivity index (χ4n) is 4.04. The predicted octanol–water partition coefficient (Wildman–Crippen LogP) is 6.16. The van der Waals surface area contributed by atoms with Crippen LogP contribution in [-0.2, 0) is 0 Å². The molecule has 0 saturated carbocycles. The second kappa shape index (κ2) is 5.06. The largest absolute Gasteiger partial charge is 0.252 e. The summed E-state index contributed by atoms with van der Waals surface area (Å²) < 4.78 is 0. The summed E-state index contributed by atoms with van der Waals surface area (Å²) in [5.74, 6) is 0. The first-order valence-corrected chi connectivity index (χ1v) is 8.45. The van der Waals surface area contributed by atoms with E-state index in [0.717, 1.165) is 5.69 Å². The number of aryl methyl sites for hydroxylation is 5. The summed E-state index contributed by atoms with van der Waals surface area (Å²) >= 11 is 0. The summed E-state index contributed by atoms with van der Waals surface area (Å²) in [5.41, 5.74) is 13.4. The second-order valence-electron chi connectivity index (χ2n) is 7.17. The van der Waals surface area contributed by atoms with Gasteiger partial charge in [-0.25, -0.2) is 0 Å². The normalized spacial score (nSPS) is 11.7. The Hall–Kier alpha value is -1.89. The lowest BCUT2D eigenvalue weighted by Gasteiger charge is -2.21. The van der Waals surface area contributed by atoms with Gasteiger partial charge in [0.1, 0.15) is 0 Å². The van der Waals surface area contributed by atoms with Crippen LogP contribution in [0.25, 0.3) is 21.7 Å². The number of nitrogens with zero attached hydrogens (tertiary/aromatic N) is 1. The Labute approximate surface area is 139 Å². The van der Waals surface area contributed by atoms with E-state index >= 15 is 0 Å². The van der Waals surface area contributed by atoms with Crippen molar-refractivity contribution in [2.75, 3.05) is 0 Å². The molecule has 0 unspecified atom stereocenters. The molecule has 3 aromatic rings. The van der Waals surface area contributed by atoms with Crippen molar-refractivity contribution < 1.29 is 0 Å². The molecule has 0 aliphatic heterocycles. The SMILES string of the molecule is Cc1c(C)c(C)c2c(nc(C)c3c(C)c(C)c(C)c(C)c32)c1C. The van der Waals surface area contributed by atoms with E-state index in [4.69, 9.17) is 4.98 Å². The van der Waals surface area contributed by atoms with Gasteiger partial charge in [-0.05, 0) is 112 Å². The third-order valence-corrected chi connectivity index (χ3v) is 6.23. The summed E-state index contributed by atoms with van der Waals surface area (Å²) in [6.45, 7) is 20.1. The first kappa shape index (κ1) is 16.0. The van der Waals surface area contributed by atoms with Crippen LogP contribution >= 0.6 is 0 Å². The molecule has 0 atom stereocenters. The van der Waals surface area contributed by atoms with Crippen LogP contribution in [-0.4, -0.2) is 4.98 Å². The van der Waals surface area contributed by atoms with Crippen LogP contribution in [0.5, 0.6) is 0 Å². The number of hydrogen-bond acceptors (Lipinski definition) is 1. The smallest absolute Gasteiger partial charge is 0.0746 e. The van der Waals surface area contributed by atoms with Crippen LogP contribution in [0.4, 0.5) is 0 Å². The molecule has 2 aromatic carbocycles.